The highest BCUT2D eigenvalue weighted by atomic mass is 16.6. The summed E-state index contributed by atoms with van der Waals surface area (Å²) in [5.41, 5.74) is 7.07. The van der Waals surface area contributed by atoms with E-state index < -0.39 is 5.60 Å². The lowest BCUT2D eigenvalue weighted by atomic mass is 10.1. The van der Waals surface area contributed by atoms with Gasteiger partial charge in [-0.15, -0.1) is 0 Å². The average Bonchev–Trinajstić information content (AvgIpc) is 2.66. The van der Waals surface area contributed by atoms with Gasteiger partial charge in [-0.1, -0.05) is 18.2 Å². The normalized spacial score (nSPS) is 15.1. The average molecular weight is 399 g/mol. The van der Waals surface area contributed by atoms with E-state index in [0.717, 1.165) is 35.6 Å². The molecule has 0 unspecified atom stereocenters. The monoisotopic (exact) mass is 398 g/mol. The van der Waals surface area contributed by atoms with Gasteiger partial charge in [-0.2, -0.15) is 0 Å². The van der Waals surface area contributed by atoms with Gasteiger partial charge in [0.05, 0.1) is 0 Å². The fourth-order valence-corrected chi connectivity index (χ4v) is 3.16. The maximum Gasteiger partial charge on any atom is 0.410 e. The number of piperidine rings is 1. The van der Waals surface area contributed by atoms with Crippen molar-refractivity contribution < 1.29 is 19.0 Å². The third-order valence-corrected chi connectivity index (χ3v) is 4.56. The van der Waals surface area contributed by atoms with Gasteiger partial charge in [0.15, 0.2) is 0 Å². The van der Waals surface area contributed by atoms with Crippen LogP contribution in [0.2, 0.25) is 0 Å². The van der Waals surface area contributed by atoms with Crippen LogP contribution < -0.4 is 15.2 Å². The van der Waals surface area contributed by atoms with Crippen LogP contribution in [0.5, 0.6) is 11.5 Å². The molecule has 1 saturated heterocycles. The fourth-order valence-electron chi connectivity index (χ4n) is 3.16. The summed E-state index contributed by atoms with van der Waals surface area (Å²) in [7, 11) is 0. The van der Waals surface area contributed by atoms with Gasteiger partial charge < -0.3 is 24.8 Å². The molecule has 2 aromatic rings. The molecule has 1 aliphatic heterocycles. The standard InChI is InChI=1S/C23H30N2O4/c1-23(2,3)29-22(26)25-12-10-19(11-13-25)28-21-9-5-8-20(15-21)27-16-17-6-4-7-18(24)14-17/h4-9,14-15,19H,10-13,16,24H2,1-3H3. The quantitative estimate of drug-likeness (QED) is 0.744. The van der Waals surface area contributed by atoms with Crippen molar-refractivity contribution in [2.24, 2.45) is 0 Å². The number of amides is 1. The maximum atomic E-state index is 12.2. The van der Waals surface area contributed by atoms with Crippen LogP contribution in [-0.4, -0.2) is 35.8 Å². The maximum absolute atomic E-state index is 12.2. The number of ether oxygens (including phenoxy) is 3. The zero-order valence-electron chi connectivity index (χ0n) is 17.4. The molecule has 1 heterocycles. The number of hydrogen-bond acceptors (Lipinski definition) is 5. The van der Waals surface area contributed by atoms with E-state index in [1.165, 1.54) is 0 Å². The summed E-state index contributed by atoms with van der Waals surface area (Å²) in [5.74, 6) is 1.52. The Morgan fingerprint density at radius 3 is 2.45 bits per heavy atom. The Hall–Kier alpha value is -2.89. The minimum absolute atomic E-state index is 0.0675. The van der Waals surface area contributed by atoms with Crippen LogP contribution in [0.15, 0.2) is 48.5 Å². The molecule has 156 valence electrons. The van der Waals surface area contributed by atoms with E-state index in [4.69, 9.17) is 19.9 Å². The van der Waals surface area contributed by atoms with Crippen molar-refractivity contribution >= 4 is 11.8 Å². The van der Waals surface area contributed by atoms with Crippen molar-refractivity contribution in [2.75, 3.05) is 18.8 Å². The summed E-state index contributed by atoms with van der Waals surface area (Å²) in [5, 5.41) is 0. The third-order valence-electron chi connectivity index (χ3n) is 4.56. The number of carbonyl (C=O) groups excluding carboxylic acids is 1. The number of rotatable bonds is 5. The highest BCUT2D eigenvalue weighted by Gasteiger charge is 2.27. The first-order chi connectivity index (χ1) is 13.8. The Bertz CT molecular complexity index is 824. The molecule has 1 aliphatic rings. The highest BCUT2D eigenvalue weighted by Crippen LogP contribution is 2.25. The molecule has 0 aliphatic carbocycles. The van der Waals surface area contributed by atoms with Gasteiger partial charge in [-0.05, 0) is 50.6 Å². The number of nitrogens with two attached hydrogens (primary N) is 1. The van der Waals surface area contributed by atoms with Crippen molar-refractivity contribution in [3.63, 3.8) is 0 Å². The van der Waals surface area contributed by atoms with Crippen molar-refractivity contribution in [3.05, 3.63) is 54.1 Å². The Morgan fingerprint density at radius 1 is 1.07 bits per heavy atom. The molecule has 0 radical (unpaired) electrons. The summed E-state index contributed by atoms with van der Waals surface area (Å²) in [4.78, 5) is 13.9. The van der Waals surface area contributed by atoms with Crippen LogP contribution in [0.4, 0.5) is 10.5 Å². The first-order valence-electron chi connectivity index (χ1n) is 10.0. The smallest absolute Gasteiger partial charge is 0.410 e. The summed E-state index contributed by atoms with van der Waals surface area (Å²) in [6.07, 6.45) is 1.35. The number of benzene rings is 2. The molecule has 0 aromatic heterocycles. The second-order valence-electron chi connectivity index (χ2n) is 8.29. The molecule has 1 fully saturated rings. The van der Waals surface area contributed by atoms with Gasteiger partial charge in [0.25, 0.3) is 0 Å². The lowest BCUT2D eigenvalue weighted by Crippen LogP contribution is -2.44. The van der Waals surface area contributed by atoms with Gasteiger partial charge in [0, 0.05) is 37.7 Å². The minimum atomic E-state index is -0.476. The lowest BCUT2D eigenvalue weighted by molar-refractivity contribution is 0.0126. The lowest BCUT2D eigenvalue weighted by Gasteiger charge is -2.33. The van der Waals surface area contributed by atoms with Crippen molar-refractivity contribution in [2.45, 2.75) is 51.9 Å². The van der Waals surface area contributed by atoms with Crippen LogP contribution in [0.3, 0.4) is 0 Å². The van der Waals surface area contributed by atoms with Gasteiger partial charge in [-0.3, -0.25) is 0 Å². The van der Waals surface area contributed by atoms with E-state index in [9.17, 15) is 4.79 Å². The first kappa shape index (κ1) is 20.8. The van der Waals surface area contributed by atoms with Crippen molar-refractivity contribution in [3.8, 4) is 11.5 Å². The molecule has 0 bridgehead atoms. The molecule has 29 heavy (non-hydrogen) atoms. The van der Waals surface area contributed by atoms with E-state index in [2.05, 4.69) is 0 Å². The highest BCUT2D eigenvalue weighted by molar-refractivity contribution is 5.68. The number of nitrogens with zero attached hydrogens (tertiary/aromatic N) is 1. The summed E-state index contributed by atoms with van der Waals surface area (Å²) < 4.78 is 17.4. The van der Waals surface area contributed by atoms with E-state index in [1.807, 2.05) is 69.3 Å². The van der Waals surface area contributed by atoms with Crippen molar-refractivity contribution in [1.29, 1.82) is 0 Å². The van der Waals surface area contributed by atoms with Crippen LogP contribution in [0.1, 0.15) is 39.2 Å². The number of nitrogen functional groups attached to an aromatic ring is 1. The zero-order chi connectivity index (χ0) is 20.9. The van der Waals surface area contributed by atoms with E-state index in [1.54, 1.807) is 4.90 Å². The molecular weight excluding hydrogens is 368 g/mol. The molecule has 0 saturated carbocycles. The molecular formula is C23H30N2O4. The van der Waals surface area contributed by atoms with Gasteiger partial charge in [-0.25, -0.2) is 4.79 Å². The Balaban J connectivity index is 1.49. The van der Waals surface area contributed by atoms with Gasteiger partial charge in [0.2, 0.25) is 0 Å². The van der Waals surface area contributed by atoms with Crippen molar-refractivity contribution in [1.82, 2.24) is 4.90 Å². The predicted molar refractivity (Wildman–Crippen MR) is 113 cm³/mol. The molecule has 6 nitrogen and oxygen atoms in total. The Labute approximate surface area is 172 Å². The predicted octanol–water partition coefficient (Wildman–Crippen LogP) is 4.63. The van der Waals surface area contributed by atoms with E-state index in [-0.39, 0.29) is 12.2 Å². The summed E-state index contributed by atoms with van der Waals surface area (Å²) in [6.45, 7) is 7.34. The van der Waals surface area contributed by atoms with Gasteiger partial charge in [0.1, 0.15) is 29.8 Å². The fraction of sp³-hybridized carbons (Fsp3) is 0.435. The second-order valence-corrected chi connectivity index (χ2v) is 8.29. The number of carbonyl (C=O) groups is 1. The minimum Gasteiger partial charge on any atom is -0.490 e. The molecule has 1 amide bonds. The van der Waals surface area contributed by atoms with Gasteiger partial charge >= 0.3 is 6.09 Å². The van der Waals surface area contributed by atoms with Crippen LogP contribution in [0, 0.1) is 0 Å². The number of hydrogen-bond donors (Lipinski definition) is 1. The molecule has 3 rings (SSSR count). The largest absolute Gasteiger partial charge is 0.490 e. The van der Waals surface area contributed by atoms with E-state index >= 15 is 0 Å². The number of likely N-dealkylation sites (tertiary alicyclic amines) is 1. The molecule has 0 spiro atoms. The SMILES string of the molecule is CC(C)(C)OC(=O)N1CCC(Oc2cccc(OCc3cccc(N)c3)c2)CC1. The van der Waals surface area contributed by atoms with E-state index in [0.29, 0.717) is 19.7 Å². The zero-order valence-corrected chi connectivity index (χ0v) is 17.4. The molecule has 2 aromatic carbocycles. The third kappa shape index (κ3) is 6.59. The van der Waals surface area contributed by atoms with Crippen LogP contribution in [-0.2, 0) is 11.3 Å². The summed E-state index contributed by atoms with van der Waals surface area (Å²) >= 11 is 0. The second kappa shape index (κ2) is 9.07. The molecule has 2 N–H and O–H groups in total. The summed E-state index contributed by atoms with van der Waals surface area (Å²) in [6, 6.07) is 15.3. The number of anilines is 1. The first-order valence-corrected chi connectivity index (χ1v) is 10.0. The van der Waals surface area contributed by atoms with Crippen LogP contribution in [0.25, 0.3) is 0 Å². The Kier molecular flexibility index (Phi) is 6.52. The molecule has 0 atom stereocenters. The Morgan fingerprint density at radius 2 is 1.76 bits per heavy atom. The molecule has 6 heteroatoms. The topological polar surface area (TPSA) is 74.0 Å². The van der Waals surface area contributed by atoms with Crippen LogP contribution >= 0.6 is 0 Å².